The predicted molar refractivity (Wildman–Crippen MR) is 411 cm³/mol. The van der Waals surface area contributed by atoms with Crippen LogP contribution in [0, 0.1) is 50.2 Å². The van der Waals surface area contributed by atoms with E-state index in [1.807, 2.05) is 6.92 Å². The standard InChI is InChI=1S/C82H134O44/c1-28-42(88)49(95)55(101)70(113-28)121-62-35(21-83)116-67(58(104)52(62)98)111-25-37-47(93)50(96)56(102)71(118-37)124-65-44(90)30(3)114-73(61(65)107)122-63-36(22-84)117-68(59(105)53(63)99)112-26-38-48(94)51(97)57(103)72(119-38)126-76(108)82-18-16-77(4,5)20-32(82)31-10-11-40-78(6)14-13-41(79(7,27-85)39(78)12-15-81(40,9)80(31,8)17-19-82)120-75-66(46(92)34(87)24-110-75)125-74-60(106)64(43(89)29(2)115-74)123-69-54(100)45(91)33(86)23-109-69/h10,28-30,32-75,83-107H,11-27H2,1-9H3. The number of aliphatic hydroxyl groups excluding tert-OH is 25. The summed E-state index contributed by atoms with van der Waals surface area (Å²) in [5, 5.41) is 277. The highest BCUT2D eigenvalue weighted by atomic mass is 16.8. The molecule has 9 aliphatic heterocycles. The lowest BCUT2D eigenvalue weighted by Gasteiger charge is -2.71. The largest absolute Gasteiger partial charge is 0.432 e. The molecule has 726 valence electrons. The number of ether oxygens (including phenoxy) is 18. The second-order valence-corrected chi connectivity index (χ2v) is 39.3. The van der Waals surface area contributed by atoms with Crippen LogP contribution < -0.4 is 0 Å². The van der Waals surface area contributed by atoms with Crippen molar-refractivity contribution in [1.82, 2.24) is 0 Å². The van der Waals surface area contributed by atoms with Gasteiger partial charge < -0.3 is 213 Å². The van der Waals surface area contributed by atoms with Gasteiger partial charge in [0, 0.05) is 5.41 Å². The summed E-state index contributed by atoms with van der Waals surface area (Å²) in [7, 11) is 0. The molecule has 0 amide bonds. The van der Waals surface area contributed by atoms with Crippen molar-refractivity contribution < 1.29 is 218 Å². The van der Waals surface area contributed by atoms with Crippen LogP contribution in [0.3, 0.4) is 0 Å². The van der Waals surface area contributed by atoms with E-state index in [9.17, 15) is 128 Å². The van der Waals surface area contributed by atoms with Gasteiger partial charge in [0.05, 0.1) is 76.1 Å². The third-order valence-corrected chi connectivity index (χ3v) is 31.2. The van der Waals surface area contributed by atoms with Crippen molar-refractivity contribution in [3.05, 3.63) is 11.6 Å². The van der Waals surface area contributed by atoms with Crippen LogP contribution in [0.15, 0.2) is 11.6 Å². The molecule has 44 heteroatoms. The number of allylic oxidation sites excluding steroid dienone is 2. The molecule has 5 aliphatic carbocycles. The van der Waals surface area contributed by atoms with E-state index in [4.69, 9.17) is 85.3 Å². The monoisotopic (exact) mass is 1820 g/mol. The molecular formula is C82H134O44. The highest BCUT2D eigenvalue weighted by Gasteiger charge is 2.72. The number of hydrogen-bond acceptors (Lipinski definition) is 44. The Bertz CT molecular complexity index is 3630. The van der Waals surface area contributed by atoms with Gasteiger partial charge in [0.1, 0.15) is 189 Å². The molecule has 0 aromatic rings. The van der Waals surface area contributed by atoms with Crippen LogP contribution in [0.5, 0.6) is 0 Å². The van der Waals surface area contributed by atoms with Crippen LogP contribution in [0.25, 0.3) is 0 Å². The molecule has 9 heterocycles. The first kappa shape index (κ1) is 99.5. The minimum atomic E-state index is -2.13. The lowest BCUT2D eigenvalue weighted by atomic mass is 9.33. The summed E-state index contributed by atoms with van der Waals surface area (Å²) in [4.78, 5) is 15.5. The van der Waals surface area contributed by atoms with Crippen LogP contribution in [-0.2, 0) is 90.1 Å². The molecule has 0 aromatic heterocycles. The fraction of sp³-hybridized carbons (Fsp3) is 0.963. The van der Waals surface area contributed by atoms with Gasteiger partial charge in [-0.2, -0.15) is 0 Å². The zero-order valence-corrected chi connectivity index (χ0v) is 71.7. The van der Waals surface area contributed by atoms with E-state index in [1.165, 1.54) is 20.8 Å². The summed E-state index contributed by atoms with van der Waals surface area (Å²) >= 11 is 0. The molecule has 4 saturated carbocycles. The molecule has 25 N–H and O–H groups in total. The van der Waals surface area contributed by atoms with Crippen LogP contribution in [0.1, 0.15) is 127 Å². The van der Waals surface area contributed by atoms with Crippen LogP contribution in [-0.4, -0.2) is 450 Å². The Labute approximate surface area is 726 Å². The van der Waals surface area contributed by atoms with Gasteiger partial charge in [0.2, 0.25) is 6.29 Å². The van der Waals surface area contributed by atoms with Gasteiger partial charge in [0.15, 0.2) is 50.3 Å². The lowest BCUT2D eigenvalue weighted by Crippen LogP contribution is -2.67. The molecule has 0 bridgehead atoms. The summed E-state index contributed by atoms with van der Waals surface area (Å²) in [6, 6.07) is 0. The van der Waals surface area contributed by atoms with Crippen molar-refractivity contribution in [1.29, 1.82) is 0 Å². The number of aliphatic hydroxyl groups is 25. The van der Waals surface area contributed by atoms with Crippen molar-refractivity contribution in [2.45, 2.75) is 397 Å². The maximum absolute atomic E-state index is 15.5. The van der Waals surface area contributed by atoms with E-state index in [-0.39, 0.29) is 30.5 Å². The number of fused-ring (bicyclic) bond motifs is 7. The summed E-state index contributed by atoms with van der Waals surface area (Å²) in [5.74, 6) is -1.25. The second kappa shape index (κ2) is 38.6. The molecule has 0 spiro atoms. The summed E-state index contributed by atoms with van der Waals surface area (Å²) in [6.45, 7) is 12.6. The van der Waals surface area contributed by atoms with E-state index in [0.29, 0.717) is 64.2 Å². The maximum Gasteiger partial charge on any atom is 0.315 e. The van der Waals surface area contributed by atoms with Gasteiger partial charge in [-0.25, -0.2) is 0 Å². The first-order valence-electron chi connectivity index (χ1n) is 43.9. The van der Waals surface area contributed by atoms with Gasteiger partial charge in [-0.3, -0.25) is 4.79 Å². The lowest BCUT2D eigenvalue weighted by molar-refractivity contribution is -0.383. The summed E-state index contributed by atoms with van der Waals surface area (Å²) in [5.41, 5.74) is -2.65. The fourth-order valence-corrected chi connectivity index (χ4v) is 23.0. The average molecular weight is 1820 g/mol. The molecule has 126 heavy (non-hydrogen) atoms. The van der Waals surface area contributed by atoms with E-state index in [0.717, 1.165) is 5.57 Å². The third kappa shape index (κ3) is 18.0. The second-order valence-electron chi connectivity index (χ2n) is 39.3. The number of esters is 1. The van der Waals surface area contributed by atoms with E-state index in [1.54, 1.807) is 0 Å². The molecule has 0 aromatic carbocycles. The Morgan fingerprint density at radius 1 is 0.381 bits per heavy atom. The summed E-state index contributed by atoms with van der Waals surface area (Å²) in [6.07, 6.45) is -68.4. The normalized spacial score (nSPS) is 55.3. The smallest absolute Gasteiger partial charge is 0.315 e. The molecule has 13 fully saturated rings. The third-order valence-electron chi connectivity index (χ3n) is 31.2. The van der Waals surface area contributed by atoms with Gasteiger partial charge in [-0.05, 0) is 124 Å². The van der Waals surface area contributed by atoms with E-state index < -0.39 is 342 Å². The van der Waals surface area contributed by atoms with Crippen molar-refractivity contribution >= 4 is 5.97 Å². The molecule has 14 aliphatic rings. The molecule has 52 atom stereocenters. The minimum absolute atomic E-state index is 0.0195. The molecular weight excluding hydrogens is 1690 g/mol. The highest BCUT2D eigenvalue weighted by Crippen LogP contribution is 2.76. The SMILES string of the molecule is CC1OC(OC2C(CO)OC(OCC3OC(OC4C(O)C(C)OC(OC5C(CO)OC(OCC6OC(OC(=O)C78CCC(C)(C)CC7C7=CCC9C%10(C)CCC(OC%11OCC(O)C(O)C%11OC%11OC(C)C(O)C(OC%12OCC(O)C(O)C%12O)C%11O)C(C)(CO)C%10CCC9(C)C7(C)CC8)C(O)C(O)C6O)C(O)C5O)C4O)C(O)C(O)C3O)C(O)C2O)C(O)C(O)C1O. The topological polar surface area (TPSA) is 689 Å². The van der Waals surface area contributed by atoms with Crippen molar-refractivity contribution in [2.24, 2.45) is 50.2 Å². The van der Waals surface area contributed by atoms with Gasteiger partial charge in [0.25, 0.3) is 0 Å². The Hall–Kier alpha value is -2.47. The Kier molecular flexibility index (Phi) is 30.5. The molecule has 52 unspecified atom stereocenters. The van der Waals surface area contributed by atoms with Crippen molar-refractivity contribution in [3.8, 4) is 0 Å². The highest BCUT2D eigenvalue weighted by molar-refractivity contribution is 5.79. The first-order valence-corrected chi connectivity index (χ1v) is 43.9. The first-order chi connectivity index (χ1) is 59.2. The zero-order chi connectivity index (χ0) is 91.7. The van der Waals surface area contributed by atoms with Crippen LogP contribution >= 0.6 is 0 Å². The molecule has 14 rings (SSSR count). The Balaban J connectivity index is 0.597. The molecule has 0 radical (unpaired) electrons. The van der Waals surface area contributed by atoms with Crippen LogP contribution in [0.2, 0.25) is 0 Å². The van der Waals surface area contributed by atoms with Crippen molar-refractivity contribution in [3.63, 3.8) is 0 Å². The number of carbonyl (C=O) groups is 1. The Morgan fingerprint density at radius 3 is 1.34 bits per heavy atom. The quantitative estimate of drug-likeness (QED) is 0.0257. The summed E-state index contributed by atoms with van der Waals surface area (Å²) < 4.78 is 106. The van der Waals surface area contributed by atoms with E-state index >= 15 is 4.79 Å². The van der Waals surface area contributed by atoms with Gasteiger partial charge >= 0.3 is 5.97 Å². The molecule has 44 nitrogen and oxygen atoms in total. The number of rotatable bonds is 23. The minimum Gasteiger partial charge on any atom is -0.432 e. The van der Waals surface area contributed by atoms with Gasteiger partial charge in [-0.15, -0.1) is 0 Å². The fourth-order valence-electron chi connectivity index (χ4n) is 23.0. The van der Waals surface area contributed by atoms with E-state index in [2.05, 4.69) is 40.7 Å². The number of hydrogen-bond donors (Lipinski definition) is 25. The maximum atomic E-state index is 15.5. The zero-order valence-electron chi connectivity index (χ0n) is 71.7. The Morgan fingerprint density at radius 2 is 0.810 bits per heavy atom. The van der Waals surface area contributed by atoms with Crippen molar-refractivity contribution in [2.75, 3.05) is 46.2 Å². The predicted octanol–water partition coefficient (Wildman–Crippen LogP) is -9.58. The van der Waals surface area contributed by atoms with Gasteiger partial charge in [-0.1, -0.05) is 53.2 Å². The molecule has 9 saturated heterocycles. The van der Waals surface area contributed by atoms with Crippen LogP contribution in [0.4, 0.5) is 0 Å². The average Bonchev–Trinajstić information content (AvgIpc) is 0.672. The number of carbonyl (C=O) groups excluding carboxylic acids is 1.